The van der Waals surface area contributed by atoms with Gasteiger partial charge < -0.3 is 30.1 Å². The Kier molecular flexibility index (Phi) is 8.67. The number of benzene rings is 1. The van der Waals surface area contributed by atoms with Crippen LogP contribution in [0.2, 0.25) is 0 Å². The van der Waals surface area contributed by atoms with Crippen molar-refractivity contribution < 1.29 is 29.0 Å². The summed E-state index contributed by atoms with van der Waals surface area (Å²) in [5.74, 6) is -1.35. The van der Waals surface area contributed by atoms with E-state index < -0.39 is 35.1 Å². The van der Waals surface area contributed by atoms with Crippen LogP contribution in [-0.4, -0.2) is 70.3 Å². The highest BCUT2D eigenvalue weighted by atomic mass is 16.5. The molecule has 9 nitrogen and oxygen atoms in total. The first kappa shape index (κ1) is 29.8. The molecule has 4 aliphatic rings. The minimum Gasteiger partial charge on any atom is -0.494 e. The lowest BCUT2D eigenvalue weighted by Crippen LogP contribution is -2.59. The Morgan fingerprint density at radius 1 is 1.10 bits per heavy atom. The highest BCUT2D eigenvalue weighted by molar-refractivity contribution is 6.02. The van der Waals surface area contributed by atoms with E-state index in [4.69, 9.17) is 9.47 Å². The number of hydrogen-bond donors (Lipinski definition) is 3. The number of anilines is 1. The number of likely N-dealkylation sites (tertiary alicyclic amines) is 1. The Morgan fingerprint density at radius 3 is 2.41 bits per heavy atom. The number of hydrogen-bond acceptors (Lipinski definition) is 6. The maximum atomic E-state index is 14.5. The van der Waals surface area contributed by atoms with Gasteiger partial charge in [-0.1, -0.05) is 40.0 Å². The lowest BCUT2D eigenvalue weighted by atomic mass is 9.65. The average Bonchev–Trinajstić information content (AvgIpc) is 3.57. The van der Waals surface area contributed by atoms with Gasteiger partial charge in [0.2, 0.25) is 17.7 Å². The zero-order chi connectivity index (χ0) is 29.4. The molecule has 226 valence electrons. The molecule has 1 aromatic rings. The van der Waals surface area contributed by atoms with E-state index in [1.54, 1.807) is 29.2 Å². The summed E-state index contributed by atoms with van der Waals surface area (Å²) in [6, 6.07) is 5.85. The van der Waals surface area contributed by atoms with Crippen molar-refractivity contribution in [2.75, 3.05) is 18.5 Å². The van der Waals surface area contributed by atoms with Crippen molar-refractivity contribution in [3.8, 4) is 5.75 Å². The van der Waals surface area contributed by atoms with Crippen LogP contribution >= 0.6 is 0 Å². The SMILES string of the molecule is CCOc1ccc(NC(=O)[C@@H]2[C@H]3C(=O)N([C@@H](CO)CC(C)C)C(C(=O)NC4CCCCC4)C34CC[C@@]2(CC)O4)cc1. The molecule has 3 saturated heterocycles. The zero-order valence-electron chi connectivity index (χ0n) is 25.0. The molecular formula is C32H47N3O6. The van der Waals surface area contributed by atoms with E-state index in [0.717, 1.165) is 25.7 Å². The van der Waals surface area contributed by atoms with E-state index in [0.29, 0.717) is 43.7 Å². The predicted molar refractivity (Wildman–Crippen MR) is 155 cm³/mol. The predicted octanol–water partition coefficient (Wildman–Crippen LogP) is 4.03. The number of aliphatic hydroxyl groups is 1. The molecule has 41 heavy (non-hydrogen) atoms. The Hall–Kier alpha value is -2.65. The molecule has 1 spiro atoms. The number of amides is 3. The molecule has 5 rings (SSSR count). The standard InChI is InChI=1S/C32H47N3O6/c1-5-31-16-17-32(41-31)26(25(31)28(37)33-22-12-14-24(15-13-22)40-6-2)30(39)35(23(19-36)18-20(3)4)27(32)29(38)34-21-10-8-7-9-11-21/h12-15,20-21,23,25-27,36H,5-11,16-19H2,1-4H3,(H,33,37)(H,34,38)/t23-,25+,26+,27?,31-,32?/m1/s1. The van der Waals surface area contributed by atoms with Crippen LogP contribution in [0.25, 0.3) is 0 Å². The van der Waals surface area contributed by atoms with Gasteiger partial charge in [0, 0.05) is 11.7 Å². The second-order valence-corrected chi connectivity index (χ2v) is 12.8. The van der Waals surface area contributed by atoms with Gasteiger partial charge in [-0.3, -0.25) is 14.4 Å². The molecule has 2 unspecified atom stereocenters. The van der Waals surface area contributed by atoms with Gasteiger partial charge in [-0.2, -0.15) is 0 Å². The van der Waals surface area contributed by atoms with Gasteiger partial charge in [0.05, 0.1) is 36.7 Å². The van der Waals surface area contributed by atoms with Crippen molar-refractivity contribution >= 4 is 23.4 Å². The van der Waals surface area contributed by atoms with E-state index in [-0.39, 0.29) is 36.3 Å². The van der Waals surface area contributed by atoms with E-state index >= 15 is 0 Å². The number of nitrogens with zero attached hydrogens (tertiary/aromatic N) is 1. The molecule has 3 N–H and O–H groups in total. The van der Waals surface area contributed by atoms with Crippen molar-refractivity contribution in [1.29, 1.82) is 0 Å². The summed E-state index contributed by atoms with van der Waals surface area (Å²) in [5, 5.41) is 16.8. The van der Waals surface area contributed by atoms with E-state index in [2.05, 4.69) is 10.6 Å². The molecule has 6 atom stereocenters. The minimum atomic E-state index is -1.10. The lowest BCUT2D eigenvalue weighted by molar-refractivity contribution is -0.151. The summed E-state index contributed by atoms with van der Waals surface area (Å²) in [4.78, 5) is 44.3. The zero-order valence-corrected chi connectivity index (χ0v) is 25.0. The van der Waals surface area contributed by atoms with E-state index in [1.165, 1.54) is 6.42 Å². The first-order chi connectivity index (χ1) is 19.7. The highest BCUT2D eigenvalue weighted by Crippen LogP contribution is 2.64. The van der Waals surface area contributed by atoms with Crippen LogP contribution < -0.4 is 15.4 Å². The third kappa shape index (κ3) is 5.24. The number of nitrogens with one attached hydrogen (secondary N) is 2. The third-order valence-corrected chi connectivity index (χ3v) is 9.88. The quantitative estimate of drug-likeness (QED) is 0.371. The Balaban J connectivity index is 1.49. The van der Waals surface area contributed by atoms with Gasteiger partial charge in [0.15, 0.2) is 0 Å². The monoisotopic (exact) mass is 569 g/mol. The summed E-state index contributed by atoms with van der Waals surface area (Å²) >= 11 is 0. The third-order valence-electron chi connectivity index (χ3n) is 9.88. The maximum Gasteiger partial charge on any atom is 0.246 e. The topological polar surface area (TPSA) is 117 Å². The first-order valence-electron chi connectivity index (χ1n) is 15.7. The molecule has 2 bridgehead atoms. The second-order valence-electron chi connectivity index (χ2n) is 12.8. The van der Waals surface area contributed by atoms with Crippen LogP contribution in [0.1, 0.15) is 85.5 Å². The van der Waals surface area contributed by atoms with Crippen molar-refractivity contribution in [3.63, 3.8) is 0 Å². The van der Waals surface area contributed by atoms with Crippen LogP contribution in [0.3, 0.4) is 0 Å². The molecule has 1 saturated carbocycles. The number of fused-ring (bicyclic) bond motifs is 1. The van der Waals surface area contributed by atoms with Crippen molar-refractivity contribution in [3.05, 3.63) is 24.3 Å². The van der Waals surface area contributed by atoms with Gasteiger partial charge in [-0.15, -0.1) is 0 Å². The van der Waals surface area contributed by atoms with Crippen molar-refractivity contribution in [1.82, 2.24) is 10.2 Å². The molecule has 1 aromatic carbocycles. The second kappa shape index (κ2) is 11.9. The van der Waals surface area contributed by atoms with Crippen LogP contribution in [-0.2, 0) is 19.1 Å². The van der Waals surface area contributed by atoms with E-state index in [1.807, 2.05) is 27.7 Å². The fourth-order valence-corrected chi connectivity index (χ4v) is 8.12. The molecule has 9 heteroatoms. The molecule has 0 aromatic heterocycles. The molecular weight excluding hydrogens is 522 g/mol. The number of carbonyl (C=O) groups is 3. The molecule has 3 amide bonds. The van der Waals surface area contributed by atoms with Crippen LogP contribution in [0.15, 0.2) is 24.3 Å². The van der Waals surface area contributed by atoms with Crippen LogP contribution in [0.5, 0.6) is 5.75 Å². The van der Waals surface area contributed by atoms with Crippen molar-refractivity contribution in [2.24, 2.45) is 17.8 Å². The summed E-state index contributed by atoms with van der Waals surface area (Å²) in [6.07, 6.45) is 7.40. The molecule has 1 aliphatic carbocycles. The van der Waals surface area contributed by atoms with Gasteiger partial charge in [-0.05, 0) is 75.6 Å². The van der Waals surface area contributed by atoms with Gasteiger partial charge in [0.1, 0.15) is 17.4 Å². The molecule has 3 heterocycles. The van der Waals surface area contributed by atoms with Crippen LogP contribution in [0.4, 0.5) is 5.69 Å². The summed E-state index contributed by atoms with van der Waals surface area (Å²) in [5.41, 5.74) is -1.31. The smallest absolute Gasteiger partial charge is 0.246 e. The number of rotatable bonds is 11. The molecule has 0 radical (unpaired) electrons. The molecule has 4 fully saturated rings. The van der Waals surface area contributed by atoms with Gasteiger partial charge in [-0.25, -0.2) is 0 Å². The molecule has 3 aliphatic heterocycles. The van der Waals surface area contributed by atoms with E-state index in [9.17, 15) is 19.5 Å². The fourth-order valence-electron chi connectivity index (χ4n) is 8.12. The van der Waals surface area contributed by atoms with Gasteiger partial charge >= 0.3 is 0 Å². The Bertz CT molecular complexity index is 1120. The van der Waals surface area contributed by atoms with Gasteiger partial charge in [0.25, 0.3) is 0 Å². The normalized spacial score (nSPS) is 31.8. The number of carbonyl (C=O) groups excluding carboxylic acids is 3. The largest absolute Gasteiger partial charge is 0.494 e. The lowest BCUT2D eigenvalue weighted by Gasteiger charge is -2.38. The highest BCUT2D eigenvalue weighted by Gasteiger charge is 2.79. The first-order valence-corrected chi connectivity index (χ1v) is 15.7. The summed E-state index contributed by atoms with van der Waals surface area (Å²) < 4.78 is 12.4. The Morgan fingerprint density at radius 2 is 1.80 bits per heavy atom. The fraction of sp³-hybridized carbons (Fsp3) is 0.719. The summed E-state index contributed by atoms with van der Waals surface area (Å²) in [7, 11) is 0. The Labute approximate surface area is 243 Å². The van der Waals surface area contributed by atoms with Crippen LogP contribution in [0, 0.1) is 17.8 Å². The average molecular weight is 570 g/mol. The van der Waals surface area contributed by atoms with Crippen molar-refractivity contribution in [2.45, 2.75) is 115 Å². The maximum absolute atomic E-state index is 14.5. The minimum absolute atomic E-state index is 0.0684. The number of aliphatic hydroxyl groups excluding tert-OH is 1. The number of ether oxygens (including phenoxy) is 2. The summed E-state index contributed by atoms with van der Waals surface area (Å²) in [6.45, 7) is 8.29.